The molecule has 0 atom stereocenters. The van der Waals surface area contributed by atoms with Gasteiger partial charge in [0.05, 0.1) is 0 Å². The molecule has 0 amide bonds. The Hall–Kier alpha value is -0.560. The topological polar surface area (TPSA) is 26.0 Å². The second-order valence-corrected chi connectivity index (χ2v) is 1.05. The molecule has 1 heteroatoms. The van der Waals surface area contributed by atoms with E-state index in [9.17, 15) is 0 Å². The Bertz CT molecular complexity index is 55.6. The van der Waals surface area contributed by atoms with Crippen molar-refractivity contribution in [2.75, 3.05) is 7.05 Å². The van der Waals surface area contributed by atoms with Gasteiger partial charge in [-0.15, -0.1) is 0 Å². The maximum Gasteiger partial charge on any atom is -0.0195 e. The van der Waals surface area contributed by atoms with Crippen LogP contribution in [0.3, 0.4) is 0 Å². The van der Waals surface area contributed by atoms with Crippen molar-refractivity contribution >= 4 is 0 Å². The Labute approximate surface area is 59.3 Å². The third-order valence-corrected chi connectivity index (χ3v) is 0.348. The summed E-state index contributed by atoms with van der Waals surface area (Å²) in [6, 6.07) is 0. The van der Waals surface area contributed by atoms with Gasteiger partial charge in [0.2, 0.25) is 0 Å². The van der Waals surface area contributed by atoms with Crippen molar-refractivity contribution in [3.8, 4) is 0 Å². The van der Waals surface area contributed by atoms with E-state index in [1.54, 1.807) is 6.08 Å². The van der Waals surface area contributed by atoms with Crippen molar-refractivity contribution < 1.29 is 0 Å². The van der Waals surface area contributed by atoms with Crippen molar-refractivity contribution in [2.45, 2.75) is 20.8 Å². The molecule has 2 N–H and O–H groups in total. The highest BCUT2D eigenvalue weighted by molar-refractivity contribution is 5.05. The van der Waals surface area contributed by atoms with Crippen LogP contribution in [0, 0.1) is 0 Å². The van der Waals surface area contributed by atoms with Gasteiger partial charge in [0, 0.05) is 0 Å². The molecule has 0 aliphatic heterocycles. The number of nitrogens with two attached hydrogens (primary N) is 1. The first-order valence-electron chi connectivity index (χ1n) is 3.13. The SMILES string of the molecule is C=CC(=C)C.CC.CN. The summed E-state index contributed by atoms with van der Waals surface area (Å²) >= 11 is 0. The number of hydrogen-bond acceptors (Lipinski definition) is 1. The van der Waals surface area contributed by atoms with Crippen LogP contribution in [-0.4, -0.2) is 7.05 Å². The van der Waals surface area contributed by atoms with Gasteiger partial charge in [-0.2, -0.15) is 0 Å². The number of rotatable bonds is 1. The normalized spacial score (nSPS) is 5.00. The summed E-state index contributed by atoms with van der Waals surface area (Å²) in [5.41, 5.74) is 5.52. The molecule has 0 bridgehead atoms. The molecule has 0 fully saturated rings. The molecule has 56 valence electrons. The predicted molar refractivity (Wildman–Crippen MR) is 46.5 cm³/mol. The Morgan fingerprint density at radius 3 is 1.44 bits per heavy atom. The molecular weight excluding hydrogens is 110 g/mol. The lowest BCUT2D eigenvalue weighted by Crippen LogP contribution is -1.69. The molecule has 0 rings (SSSR count). The molecule has 0 spiro atoms. The molecule has 0 saturated heterocycles. The first-order valence-corrected chi connectivity index (χ1v) is 3.13. The third-order valence-electron chi connectivity index (χ3n) is 0.348. The van der Waals surface area contributed by atoms with E-state index < -0.39 is 0 Å². The highest BCUT2D eigenvalue weighted by atomic mass is 14.4. The minimum Gasteiger partial charge on any atom is -0.333 e. The first-order chi connectivity index (χ1) is 4.27. The molecule has 0 aromatic carbocycles. The quantitative estimate of drug-likeness (QED) is 0.540. The Balaban J connectivity index is -0.0000000771. The summed E-state index contributed by atoms with van der Waals surface area (Å²) < 4.78 is 0. The van der Waals surface area contributed by atoms with Crippen molar-refractivity contribution in [3.63, 3.8) is 0 Å². The maximum absolute atomic E-state index is 4.50. The molecule has 1 nitrogen and oxygen atoms in total. The van der Waals surface area contributed by atoms with Crippen LogP contribution in [0.4, 0.5) is 0 Å². The zero-order valence-electron chi connectivity index (χ0n) is 7.07. The zero-order valence-corrected chi connectivity index (χ0v) is 7.07. The number of hydrogen-bond donors (Lipinski definition) is 1. The van der Waals surface area contributed by atoms with Crippen LogP contribution < -0.4 is 5.73 Å². The molecule has 0 heterocycles. The summed E-state index contributed by atoms with van der Waals surface area (Å²) in [4.78, 5) is 0. The highest BCUT2D eigenvalue weighted by Gasteiger charge is 1.59. The molecule has 0 radical (unpaired) electrons. The van der Waals surface area contributed by atoms with Crippen LogP contribution >= 0.6 is 0 Å². The van der Waals surface area contributed by atoms with Crippen LogP contribution in [0.1, 0.15) is 20.8 Å². The Morgan fingerprint density at radius 2 is 1.44 bits per heavy atom. The van der Waals surface area contributed by atoms with E-state index in [1.165, 1.54) is 7.05 Å². The lowest BCUT2D eigenvalue weighted by atomic mass is 10.4. The first kappa shape index (κ1) is 15.8. The molecule has 0 aromatic heterocycles. The van der Waals surface area contributed by atoms with E-state index in [-0.39, 0.29) is 0 Å². The molecule has 0 saturated carbocycles. The minimum atomic E-state index is 1.02. The van der Waals surface area contributed by atoms with Gasteiger partial charge in [0.25, 0.3) is 0 Å². The molecule has 0 aliphatic rings. The van der Waals surface area contributed by atoms with E-state index in [2.05, 4.69) is 18.9 Å². The predicted octanol–water partition coefficient (Wildman–Crippen LogP) is 2.35. The van der Waals surface area contributed by atoms with Gasteiger partial charge in [-0.1, -0.05) is 38.7 Å². The van der Waals surface area contributed by atoms with E-state index in [1.807, 2.05) is 20.8 Å². The molecular formula is C8H19N. The van der Waals surface area contributed by atoms with Gasteiger partial charge >= 0.3 is 0 Å². The molecule has 0 unspecified atom stereocenters. The molecule has 0 aromatic rings. The largest absolute Gasteiger partial charge is 0.333 e. The second kappa shape index (κ2) is 26.1. The summed E-state index contributed by atoms with van der Waals surface area (Å²) in [6.07, 6.45) is 1.72. The smallest absolute Gasteiger partial charge is 0.0195 e. The van der Waals surface area contributed by atoms with Gasteiger partial charge in [-0.3, -0.25) is 0 Å². The van der Waals surface area contributed by atoms with Crippen LogP contribution in [0.2, 0.25) is 0 Å². The van der Waals surface area contributed by atoms with E-state index in [0.717, 1.165) is 5.57 Å². The van der Waals surface area contributed by atoms with Gasteiger partial charge < -0.3 is 5.73 Å². The Morgan fingerprint density at radius 1 is 1.33 bits per heavy atom. The van der Waals surface area contributed by atoms with Gasteiger partial charge in [0.15, 0.2) is 0 Å². The van der Waals surface area contributed by atoms with E-state index >= 15 is 0 Å². The zero-order chi connectivity index (χ0) is 8.28. The summed E-state index contributed by atoms with van der Waals surface area (Å²) in [6.45, 7) is 12.9. The second-order valence-electron chi connectivity index (χ2n) is 1.05. The van der Waals surface area contributed by atoms with Crippen LogP contribution in [0.15, 0.2) is 24.8 Å². The van der Waals surface area contributed by atoms with Crippen molar-refractivity contribution in [1.29, 1.82) is 0 Å². The van der Waals surface area contributed by atoms with E-state index in [0.29, 0.717) is 0 Å². The van der Waals surface area contributed by atoms with Crippen molar-refractivity contribution in [2.24, 2.45) is 5.73 Å². The summed E-state index contributed by atoms with van der Waals surface area (Å²) in [5.74, 6) is 0. The monoisotopic (exact) mass is 129 g/mol. The van der Waals surface area contributed by atoms with Crippen molar-refractivity contribution in [3.05, 3.63) is 24.8 Å². The highest BCUT2D eigenvalue weighted by Crippen LogP contribution is 1.81. The fourth-order valence-corrected chi connectivity index (χ4v) is 0. The fraction of sp³-hybridized carbons (Fsp3) is 0.500. The third kappa shape index (κ3) is 106. The van der Waals surface area contributed by atoms with Gasteiger partial charge in [0.1, 0.15) is 0 Å². The summed E-state index contributed by atoms with van der Waals surface area (Å²) in [5, 5.41) is 0. The average Bonchev–Trinajstić information content (AvgIpc) is 1.97. The maximum atomic E-state index is 4.50. The van der Waals surface area contributed by atoms with Gasteiger partial charge in [-0.05, 0) is 14.0 Å². The number of allylic oxidation sites excluding steroid dienone is 2. The lowest BCUT2D eigenvalue weighted by Gasteiger charge is -1.71. The average molecular weight is 129 g/mol. The lowest BCUT2D eigenvalue weighted by molar-refractivity contribution is 1.48. The van der Waals surface area contributed by atoms with Crippen LogP contribution in [0.25, 0.3) is 0 Å². The van der Waals surface area contributed by atoms with Gasteiger partial charge in [-0.25, -0.2) is 0 Å². The van der Waals surface area contributed by atoms with Crippen LogP contribution in [0.5, 0.6) is 0 Å². The standard InChI is InChI=1S/C5H8.C2H6.CH5N/c1-4-5(2)3;2*1-2/h4H,1-2H2,3H3;1-2H3;2H2,1H3. The van der Waals surface area contributed by atoms with E-state index in [4.69, 9.17) is 0 Å². The minimum absolute atomic E-state index is 1.02. The Kier molecular flexibility index (Phi) is 45.7. The summed E-state index contributed by atoms with van der Waals surface area (Å²) in [7, 11) is 1.50. The van der Waals surface area contributed by atoms with Crippen molar-refractivity contribution in [1.82, 2.24) is 0 Å². The molecule has 0 aliphatic carbocycles. The molecule has 9 heavy (non-hydrogen) atoms. The fourth-order valence-electron chi connectivity index (χ4n) is 0. The van der Waals surface area contributed by atoms with Crippen LogP contribution in [-0.2, 0) is 0 Å².